The van der Waals surface area contributed by atoms with E-state index in [0.29, 0.717) is 29.9 Å². The molecule has 0 bridgehead atoms. The van der Waals surface area contributed by atoms with Crippen molar-refractivity contribution in [3.63, 3.8) is 0 Å². The predicted molar refractivity (Wildman–Crippen MR) is 108 cm³/mol. The van der Waals surface area contributed by atoms with E-state index in [1.165, 1.54) is 24.9 Å². The zero-order chi connectivity index (χ0) is 21.7. The first-order valence-electron chi connectivity index (χ1n) is 9.19. The Hall–Kier alpha value is -3.96. The third-order valence-corrected chi connectivity index (χ3v) is 3.99. The second-order valence-corrected chi connectivity index (χ2v) is 5.96. The second kappa shape index (κ2) is 9.03. The normalized spacial score (nSPS) is 10.5. The van der Waals surface area contributed by atoms with Crippen LogP contribution in [0, 0.1) is 0 Å². The van der Waals surface area contributed by atoms with E-state index >= 15 is 0 Å². The van der Waals surface area contributed by atoms with Crippen LogP contribution in [0.1, 0.15) is 24.3 Å². The molecule has 0 saturated heterocycles. The minimum absolute atomic E-state index is 0.0570. The minimum Gasteiger partial charge on any atom is -0.480 e. The monoisotopic (exact) mass is 414 g/mol. The Kier molecular flexibility index (Phi) is 6.25. The molecule has 3 rings (SSSR count). The number of nitrogens with one attached hydrogen (secondary N) is 3. The van der Waals surface area contributed by atoms with Gasteiger partial charge in [-0.15, -0.1) is 5.10 Å². The molecular weight excluding hydrogens is 392 g/mol. The highest BCUT2D eigenvalue weighted by Crippen LogP contribution is 2.30. The van der Waals surface area contributed by atoms with Gasteiger partial charge in [0.2, 0.25) is 5.88 Å². The van der Waals surface area contributed by atoms with Gasteiger partial charge in [0.25, 0.3) is 11.9 Å². The Morgan fingerprint density at radius 3 is 2.50 bits per heavy atom. The van der Waals surface area contributed by atoms with Gasteiger partial charge in [-0.25, -0.2) is 14.3 Å². The molecule has 30 heavy (non-hydrogen) atoms. The molecule has 0 atom stereocenters. The van der Waals surface area contributed by atoms with E-state index < -0.39 is 6.03 Å². The molecule has 0 unspecified atom stereocenters. The molecule has 0 aliphatic rings. The van der Waals surface area contributed by atoms with Gasteiger partial charge in [-0.3, -0.25) is 10.1 Å². The van der Waals surface area contributed by atoms with Gasteiger partial charge in [0, 0.05) is 19.3 Å². The molecule has 0 fully saturated rings. The van der Waals surface area contributed by atoms with Crippen LogP contribution in [0.5, 0.6) is 11.9 Å². The molecule has 0 aromatic carbocycles. The van der Waals surface area contributed by atoms with Crippen LogP contribution in [0.3, 0.4) is 0 Å². The maximum atomic E-state index is 12.6. The summed E-state index contributed by atoms with van der Waals surface area (Å²) in [6.07, 6.45) is 1.53. The lowest BCUT2D eigenvalue weighted by Gasteiger charge is -2.11. The second-order valence-electron chi connectivity index (χ2n) is 5.96. The molecule has 0 spiro atoms. The molecular formula is C18H22N8O4. The van der Waals surface area contributed by atoms with Gasteiger partial charge < -0.3 is 20.1 Å². The quantitative estimate of drug-likeness (QED) is 0.521. The van der Waals surface area contributed by atoms with Crippen LogP contribution in [-0.4, -0.2) is 63.8 Å². The standard InChI is InChI=1S/C18H22N8O4/c1-5-19-14(27)12-7-10(11-9-21-18(30-4)23-15(11)29-3)8-13-22-16(25-26(12)13)24-17(28)20-6-2/h7-9H,5-6H2,1-4H3,(H,19,27)(H2,20,24,25,28). The van der Waals surface area contributed by atoms with Gasteiger partial charge in [0.1, 0.15) is 5.69 Å². The topological polar surface area (TPSA) is 145 Å². The van der Waals surface area contributed by atoms with Crippen LogP contribution in [0.15, 0.2) is 18.3 Å². The fourth-order valence-corrected chi connectivity index (χ4v) is 2.71. The molecule has 12 heteroatoms. The zero-order valence-corrected chi connectivity index (χ0v) is 17.0. The molecule has 0 aliphatic heterocycles. The number of amides is 3. The lowest BCUT2D eigenvalue weighted by Crippen LogP contribution is -2.28. The molecule has 3 amide bonds. The number of pyridine rings is 1. The summed E-state index contributed by atoms with van der Waals surface area (Å²) in [5.41, 5.74) is 1.69. The number of carbonyl (C=O) groups excluding carboxylic acids is 2. The number of methoxy groups -OCH3 is 2. The SMILES string of the molecule is CCNC(=O)Nc1nc2cc(-c3cnc(OC)nc3OC)cc(C(=O)NCC)n2n1. The number of fused-ring (bicyclic) bond motifs is 1. The molecule has 158 valence electrons. The Balaban J connectivity index is 2.14. The van der Waals surface area contributed by atoms with E-state index in [1.54, 1.807) is 19.1 Å². The van der Waals surface area contributed by atoms with Gasteiger partial charge in [0.05, 0.1) is 19.8 Å². The third kappa shape index (κ3) is 4.21. The molecule has 3 heterocycles. The van der Waals surface area contributed by atoms with E-state index in [0.717, 1.165) is 0 Å². The average molecular weight is 414 g/mol. The number of hydrogen-bond donors (Lipinski definition) is 3. The highest BCUT2D eigenvalue weighted by molar-refractivity contribution is 5.95. The first kappa shape index (κ1) is 20.8. The Morgan fingerprint density at radius 2 is 1.83 bits per heavy atom. The van der Waals surface area contributed by atoms with Gasteiger partial charge in [-0.2, -0.15) is 9.97 Å². The van der Waals surface area contributed by atoms with E-state index in [-0.39, 0.29) is 29.4 Å². The molecule has 3 N–H and O–H groups in total. The number of anilines is 1. The fraction of sp³-hybridized carbons (Fsp3) is 0.333. The number of nitrogens with zero attached hydrogens (tertiary/aromatic N) is 5. The smallest absolute Gasteiger partial charge is 0.321 e. The average Bonchev–Trinajstić information content (AvgIpc) is 3.14. The summed E-state index contributed by atoms with van der Waals surface area (Å²) in [5.74, 6) is -0.0259. The molecule has 0 aliphatic carbocycles. The summed E-state index contributed by atoms with van der Waals surface area (Å²) in [6.45, 7) is 4.48. The van der Waals surface area contributed by atoms with Crippen molar-refractivity contribution in [3.8, 4) is 23.0 Å². The summed E-state index contributed by atoms with van der Waals surface area (Å²) in [5, 5.41) is 12.1. The van der Waals surface area contributed by atoms with Crippen molar-refractivity contribution >= 4 is 23.5 Å². The number of carbonyl (C=O) groups is 2. The predicted octanol–water partition coefficient (Wildman–Crippen LogP) is 1.09. The van der Waals surface area contributed by atoms with Crippen LogP contribution < -0.4 is 25.4 Å². The van der Waals surface area contributed by atoms with E-state index in [9.17, 15) is 9.59 Å². The van der Waals surface area contributed by atoms with E-state index in [1.807, 2.05) is 6.92 Å². The number of rotatable bonds is 7. The summed E-state index contributed by atoms with van der Waals surface area (Å²) < 4.78 is 11.7. The number of hydrogen-bond acceptors (Lipinski definition) is 8. The number of urea groups is 1. The first-order chi connectivity index (χ1) is 14.5. The van der Waals surface area contributed by atoms with Gasteiger partial charge in [0.15, 0.2) is 5.65 Å². The maximum absolute atomic E-state index is 12.6. The van der Waals surface area contributed by atoms with Gasteiger partial charge in [-0.1, -0.05) is 0 Å². The summed E-state index contributed by atoms with van der Waals surface area (Å²) in [7, 11) is 2.92. The van der Waals surface area contributed by atoms with E-state index in [2.05, 4.69) is 36.0 Å². The Labute approximate surface area is 172 Å². The van der Waals surface area contributed by atoms with Crippen LogP contribution in [0.4, 0.5) is 10.7 Å². The van der Waals surface area contributed by atoms with Crippen LogP contribution in [0.2, 0.25) is 0 Å². The highest BCUT2D eigenvalue weighted by atomic mass is 16.5. The summed E-state index contributed by atoms with van der Waals surface area (Å²) in [4.78, 5) is 37.1. The third-order valence-electron chi connectivity index (χ3n) is 3.99. The summed E-state index contributed by atoms with van der Waals surface area (Å²) >= 11 is 0. The number of aromatic nitrogens is 5. The molecule has 0 saturated carbocycles. The maximum Gasteiger partial charge on any atom is 0.321 e. The van der Waals surface area contributed by atoms with Crippen molar-refractivity contribution < 1.29 is 19.1 Å². The minimum atomic E-state index is -0.446. The lowest BCUT2D eigenvalue weighted by molar-refractivity contribution is 0.0948. The Morgan fingerprint density at radius 1 is 1.07 bits per heavy atom. The first-order valence-corrected chi connectivity index (χ1v) is 9.19. The summed E-state index contributed by atoms with van der Waals surface area (Å²) in [6, 6.07) is 3.01. The Bertz CT molecular complexity index is 1080. The van der Waals surface area contributed by atoms with Crippen LogP contribution in [-0.2, 0) is 0 Å². The largest absolute Gasteiger partial charge is 0.480 e. The van der Waals surface area contributed by atoms with Crippen molar-refractivity contribution in [3.05, 3.63) is 24.0 Å². The van der Waals surface area contributed by atoms with Crippen LogP contribution in [0.25, 0.3) is 16.8 Å². The lowest BCUT2D eigenvalue weighted by atomic mass is 10.1. The van der Waals surface area contributed by atoms with Crippen molar-refractivity contribution in [2.75, 3.05) is 32.6 Å². The molecule has 3 aromatic heterocycles. The number of ether oxygens (including phenoxy) is 2. The van der Waals surface area contributed by atoms with Crippen molar-refractivity contribution in [1.29, 1.82) is 0 Å². The van der Waals surface area contributed by atoms with Gasteiger partial charge >= 0.3 is 12.0 Å². The van der Waals surface area contributed by atoms with Gasteiger partial charge in [-0.05, 0) is 31.5 Å². The van der Waals surface area contributed by atoms with Crippen molar-refractivity contribution in [1.82, 2.24) is 35.2 Å². The van der Waals surface area contributed by atoms with Crippen LogP contribution >= 0.6 is 0 Å². The fourth-order valence-electron chi connectivity index (χ4n) is 2.71. The highest BCUT2D eigenvalue weighted by Gasteiger charge is 2.19. The van der Waals surface area contributed by atoms with Crippen molar-refractivity contribution in [2.24, 2.45) is 0 Å². The molecule has 12 nitrogen and oxygen atoms in total. The van der Waals surface area contributed by atoms with E-state index in [4.69, 9.17) is 9.47 Å². The molecule has 3 aromatic rings. The molecule has 0 radical (unpaired) electrons. The zero-order valence-electron chi connectivity index (χ0n) is 17.0. The van der Waals surface area contributed by atoms with Crippen molar-refractivity contribution in [2.45, 2.75) is 13.8 Å².